The Morgan fingerprint density at radius 3 is 2.26 bits per heavy atom. The Hall–Kier alpha value is -4.31. The average molecular weight is 504 g/mol. The molecular weight excluding hydrogens is 470 g/mol. The molecule has 0 N–H and O–H groups in total. The highest BCUT2D eigenvalue weighted by Gasteiger charge is 2.13. The van der Waals surface area contributed by atoms with Gasteiger partial charge in [0.2, 0.25) is 0 Å². The number of aromatic nitrogens is 1. The molecule has 1 heterocycles. The van der Waals surface area contributed by atoms with Gasteiger partial charge in [-0.05, 0) is 72.7 Å². The van der Waals surface area contributed by atoms with Gasteiger partial charge in [-0.15, -0.1) is 0 Å². The molecular formula is C34H33NO3. The van der Waals surface area contributed by atoms with E-state index in [2.05, 4.69) is 83.6 Å². The fraction of sp³-hybridized carbons (Fsp3) is 0.206. The van der Waals surface area contributed by atoms with Gasteiger partial charge in [0.05, 0.1) is 12.1 Å². The van der Waals surface area contributed by atoms with Crippen LogP contribution in [0.4, 0.5) is 0 Å². The summed E-state index contributed by atoms with van der Waals surface area (Å²) >= 11 is 0. The number of hydrogen-bond acceptors (Lipinski definition) is 3. The first-order valence-corrected chi connectivity index (χ1v) is 13.3. The lowest BCUT2D eigenvalue weighted by Crippen LogP contribution is -2.05. The summed E-state index contributed by atoms with van der Waals surface area (Å²) in [6.07, 6.45) is 5.20. The predicted molar refractivity (Wildman–Crippen MR) is 153 cm³/mol. The first-order chi connectivity index (χ1) is 18.7. The largest absolute Gasteiger partial charge is 0.489 e. The molecule has 0 saturated heterocycles. The van der Waals surface area contributed by atoms with Crippen molar-refractivity contribution in [3.8, 4) is 11.4 Å². The maximum atomic E-state index is 11.9. The van der Waals surface area contributed by atoms with Gasteiger partial charge in [-0.25, -0.2) is 0 Å². The first-order valence-electron chi connectivity index (χ1n) is 13.3. The predicted octanol–water partition coefficient (Wildman–Crippen LogP) is 7.49. The van der Waals surface area contributed by atoms with E-state index in [4.69, 9.17) is 9.47 Å². The van der Waals surface area contributed by atoms with Crippen molar-refractivity contribution in [2.24, 2.45) is 0 Å². The van der Waals surface area contributed by atoms with E-state index in [-0.39, 0.29) is 5.97 Å². The molecule has 4 nitrogen and oxygen atoms in total. The van der Waals surface area contributed by atoms with E-state index in [9.17, 15) is 4.79 Å². The molecule has 0 atom stereocenters. The molecule has 0 saturated carbocycles. The summed E-state index contributed by atoms with van der Waals surface area (Å²) in [5.74, 6) is 0.687. The van der Waals surface area contributed by atoms with Crippen molar-refractivity contribution in [1.29, 1.82) is 0 Å². The molecule has 4 heteroatoms. The van der Waals surface area contributed by atoms with E-state index in [1.807, 2.05) is 37.3 Å². The molecule has 4 aromatic carbocycles. The Morgan fingerprint density at radius 2 is 1.50 bits per heavy atom. The summed E-state index contributed by atoms with van der Waals surface area (Å²) in [6.45, 7) is 2.79. The Balaban J connectivity index is 1.43. The lowest BCUT2D eigenvalue weighted by atomic mass is 10.0. The average Bonchev–Trinajstić information content (AvgIpc) is 3.33. The molecule has 0 radical (unpaired) electrons. The molecule has 0 bridgehead atoms. The summed E-state index contributed by atoms with van der Waals surface area (Å²) in [7, 11) is 0. The summed E-state index contributed by atoms with van der Waals surface area (Å²) in [5, 5.41) is 1.22. The fourth-order valence-corrected chi connectivity index (χ4v) is 4.78. The minimum absolute atomic E-state index is 0.151. The SMILES string of the molecule is CCOC(=O)CCc1ccc2c(c1)c(CCc1ccccc1)cn2-c1cccc(OCc2ccccc2)c1. The van der Waals surface area contributed by atoms with Crippen molar-refractivity contribution in [2.45, 2.75) is 39.2 Å². The molecule has 38 heavy (non-hydrogen) atoms. The van der Waals surface area contributed by atoms with Gasteiger partial charge in [-0.1, -0.05) is 72.8 Å². The van der Waals surface area contributed by atoms with Crippen molar-refractivity contribution in [3.05, 3.63) is 132 Å². The summed E-state index contributed by atoms with van der Waals surface area (Å²) < 4.78 is 13.5. The zero-order valence-corrected chi connectivity index (χ0v) is 21.8. The van der Waals surface area contributed by atoms with E-state index in [1.54, 1.807) is 0 Å². The molecule has 0 amide bonds. The number of esters is 1. The van der Waals surface area contributed by atoms with E-state index in [0.29, 0.717) is 26.1 Å². The normalized spacial score (nSPS) is 11.0. The molecule has 0 aliphatic rings. The molecule has 0 fully saturated rings. The quantitative estimate of drug-likeness (QED) is 0.175. The topological polar surface area (TPSA) is 40.5 Å². The highest BCUT2D eigenvalue weighted by atomic mass is 16.5. The Kier molecular flexibility index (Phi) is 8.19. The van der Waals surface area contributed by atoms with Gasteiger partial charge < -0.3 is 14.0 Å². The number of rotatable bonds is 11. The van der Waals surface area contributed by atoms with Crippen LogP contribution in [0.5, 0.6) is 5.75 Å². The first kappa shape index (κ1) is 25.3. The summed E-state index contributed by atoms with van der Waals surface area (Å²) in [4.78, 5) is 11.9. The van der Waals surface area contributed by atoms with Gasteiger partial charge in [-0.3, -0.25) is 4.79 Å². The highest BCUT2D eigenvalue weighted by molar-refractivity contribution is 5.86. The Labute approximate surface area is 224 Å². The minimum atomic E-state index is -0.151. The number of ether oxygens (including phenoxy) is 2. The van der Waals surface area contributed by atoms with Crippen molar-refractivity contribution in [2.75, 3.05) is 6.61 Å². The number of benzene rings is 4. The van der Waals surface area contributed by atoms with Gasteiger partial charge in [0.25, 0.3) is 0 Å². The van der Waals surface area contributed by atoms with Crippen LogP contribution >= 0.6 is 0 Å². The van der Waals surface area contributed by atoms with Crippen LogP contribution in [-0.2, 0) is 35.4 Å². The lowest BCUT2D eigenvalue weighted by Gasteiger charge is -2.10. The van der Waals surface area contributed by atoms with Gasteiger partial charge in [0.15, 0.2) is 0 Å². The van der Waals surface area contributed by atoms with Crippen LogP contribution < -0.4 is 4.74 Å². The van der Waals surface area contributed by atoms with Crippen LogP contribution in [0.25, 0.3) is 16.6 Å². The third-order valence-corrected chi connectivity index (χ3v) is 6.74. The molecule has 192 valence electrons. The Bertz CT molecular complexity index is 1490. The Morgan fingerprint density at radius 1 is 0.737 bits per heavy atom. The van der Waals surface area contributed by atoms with Crippen LogP contribution in [0, 0.1) is 0 Å². The molecule has 0 aliphatic heterocycles. The molecule has 1 aromatic heterocycles. The summed E-state index contributed by atoms with van der Waals surface area (Å²) in [5.41, 5.74) is 7.10. The van der Waals surface area contributed by atoms with Crippen molar-refractivity contribution in [1.82, 2.24) is 4.57 Å². The fourth-order valence-electron chi connectivity index (χ4n) is 4.78. The molecule has 0 unspecified atom stereocenters. The molecule has 0 aliphatic carbocycles. The molecule has 5 aromatic rings. The van der Waals surface area contributed by atoms with Crippen LogP contribution in [0.1, 0.15) is 35.6 Å². The van der Waals surface area contributed by atoms with Crippen LogP contribution in [0.2, 0.25) is 0 Å². The van der Waals surface area contributed by atoms with Gasteiger partial charge in [0, 0.05) is 29.8 Å². The number of carbonyl (C=O) groups is 1. The summed E-state index contributed by atoms with van der Waals surface area (Å²) in [6, 6.07) is 35.6. The number of hydrogen-bond donors (Lipinski definition) is 0. The molecule has 5 rings (SSSR count). The van der Waals surface area contributed by atoms with Crippen LogP contribution in [0.15, 0.2) is 109 Å². The van der Waals surface area contributed by atoms with E-state index < -0.39 is 0 Å². The zero-order chi connectivity index (χ0) is 26.2. The maximum Gasteiger partial charge on any atom is 0.306 e. The molecule has 0 spiro atoms. The number of carbonyl (C=O) groups excluding carboxylic acids is 1. The van der Waals surface area contributed by atoms with Crippen molar-refractivity contribution >= 4 is 16.9 Å². The van der Waals surface area contributed by atoms with Crippen LogP contribution in [-0.4, -0.2) is 17.1 Å². The third kappa shape index (κ3) is 6.33. The standard InChI is InChI=1S/C34H33NO3/c1-2-37-34(36)21-18-27-17-20-33-32(22-27)29(19-16-26-10-5-3-6-11-26)24-35(33)30-14-9-15-31(23-30)38-25-28-12-7-4-8-13-28/h3-15,17,20,22-24H,2,16,18-19,21,25H2,1H3. The number of aryl methyl sites for hydroxylation is 3. The second kappa shape index (κ2) is 12.3. The number of nitrogens with zero attached hydrogens (tertiary/aromatic N) is 1. The smallest absolute Gasteiger partial charge is 0.306 e. The van der Waals surface area contributed by atoms with E-state index in [0.717, 1.165) is 40.9 Å². The van der Waals surface area contributed by atoms with Gasteiger partial charge in [0.1, 0.15) is 12.4 Å². The lowest BCUT2D eigenvalue weighted by molar-refractivity contribution is -0.143. The second-order valence-electron chi connectivity index (χ2n) is 9.44. The maximum absolute atomic E-state index is 11.9. The van der Waals surface area contributed by atoms with Gasteiger partial charge in [-0.2, -0.15) is 0 Å². The second-order valence-corrected chi connectivity index (χ2v) is 9.44. The zero-order valence-electron chi connectivity index (χ0n) is 21.8. The highest BCUT2D eigenvalue weighted by Crippen LogP contribution is 2.29. The van der Waals surface area contributed by atoms with Crippen molar-refractivity contribution in [3.63, 3.8) is 0 Å². The van der Waals surface area contributed by atoms with Crippen molar-refractivity contribution < 1.29 is 14.3 Å². The third-order valence-electron chi connectivity index (χ3n) is 6.74. The van der Waals surface area contributed by atoms with Crippen LogP contribution in [0.3, 0.4) is 0 Å². The van der Waals surface area contributed by atoms with E-state index >= 15 is 0 Å². The number of fused-ring (bicyclic) bond motifs is 1. The minimum Gasteiger partial charge on any atom is -0.489 e. The van der Waals surface area contributed by atoms with Gasteiger partial charge >= 0.3 is 5.97 Å². The van der Waals surface area contributed by atoms with E-state index in [1.165, 1.54) is 16.5 Å². The monoisotopic (exact) mass is 503 g/mol.